The zero-order chi connectivity index (χ0) is 17.7. The number of aromatic amines is 1. The molecule has 132 valence electrons. The average Bonchev–Trinajstić information content (AvgIpc) is 3.04. The maximum absolute atomic E-state index is 13.2. The number of nitrogens with one attached hydrogen (secondary N) is 1. The largest absolute Gasteiger partial charge is 0.358 e. The van der Waals surface area contributed by atoms with Crippen molar-refractivity contribution in [3.63, 3.8) is 0 Å². The van der Waals surface area contributed by atoms with Gasteiger partial charge >= 0.3 is 0 Å². The van der Waals surface area contributed by atoms with E-state index in [1.807, 2.05) is 18.2 Å². The molecule has 3 aromatic rings. The first-order valence-electron chi connectivity index (χ1n) is 9.33. The Labute approximate surface area is 158 Å². The smallest absolute Gasteiger partial charge is 0.226 e. The zero-order valence-electron chi connectivity index (χ0n) is 14.6. The maximum atomic E-state index is 13.2. The van der Waals surface area contributed by atoms with Crippen LogP contribution in [0.4, 0.5) is 0 Å². The molecule has 1 aliphatic carbocycles. The van der Waals surface area contributed by atoms with E-state index in [9.17, 15) is 4.79 Å². The van der Waals surface area contributed by atoms with Crippen molar-refractivity contribution in [3.05, 3.63) is 69.9 Å². The van der Waals surface area contributed by atoms with Gasteiger partial charge in [0.05, 0.1) is 0 Å². The van der Waals surface area contributed by atoms with Crippen molar-refractivity contribution in [2.24, 2.45) is 5.92 Å². The van der Waals surface area contributed by atoms with E-state index in [2.05, 4.69) is 34.1 Å². The fourth-order valence-corrected chi connectivity index (χ4v) is 4.71. The lowest BCUT2D eigenvalue weighted by molar-refractivity contribution is -0.136. The summed E-state index contributed by atoms with van der Waals surface area (Å²) < 4.78 is 0. The van der Waals surface area contributed by atoms with Crippen LogP contribution in [0.1, 0.15) is 28.8 Å². The summed E-state index contributed by atoms with van der Waals surface area (Å²) in [6, 6.07) is 14.5. The Morgan fingerprint density at radius 2 is 1.96 bits per heavy atom. The summed E-state index contributed by atoms with van der Waals surface area (Å²) in [5.74, 6) is 0.382. The number of carbonyl (C=O) groups excluding carboxylic acids is 1. The molecule has 26 heavy (non-hydrogen) atoms. The van der Waals surface area contributed by atoms with Gasteiger partial charge < -0.3 is 9.88 Å². The number of hydrogen-bond donors (Lipinski definition) is 1. The van der Waals surface area contributed by atoms with Crippen molar-refractivity contribution >= 4 is 28.4 Å². The summed E-state index contributed by atoms with van der Waals surface area (Å²) in [7, 11) is 0. The Morgan fingerprint density at radius 1 is 1.12 bits per heavy atom. The molecule has 1 N–H and O–H groups in total. The molecule has 1 aliphatic heterocycles. The quantitative estimate of drug-likeness (QED) is 0.677. The highest BCUT2D eigenvalue weighted by atomic mass is 35.5. The van der Waals surface area contributed by atoms with Crippen LogP contribution in [-0.4, -0.2) is 22.3 Å². The lowest BCUT2D eigenvalue weighted by Gasteiger charge is -2.33. The molecule has 2 aromatic carbocycles. The molecule has 1 atom stereocenters. The van der Waals surface area contributed by atoms with Crippen molar-refractivity contribution in [1.82, 2.24) is 9.88 Å². The summed E-state index contributed by atoms with van der Waals surface area (Å²) in [5, 5.41) is 1.93. The molecule has 0 saturated carbocycles. The number of amides is 1. The predicted molar refractivity (Wildman–Crippen MR) is 104 cm³/mol. The van der Waals surface area contributed by atoms with Crippen molar-refractivity contribution < 1.29 is 4.79 Å². The van der Waals surface area contributed by atoms with E-state index >= 15 is 0 Å². The molecule has 0 saturated heterocycles. The Balaban J connectivity index is 1.40. The lowest BCUT2D eigenvalue weighted by Crippen LogP contribution is -2.41. The number of rotatable bonds is 1. The number of halogens is 1. The SMILES string of the molecule is O=C(C1CCc2[nH]c3ccc(Cl)cc3c2C1)N1CCc2ccccc2C1. The molecule has 0 radical (unpaired) electrons. The minimum Gasteiger partial charge on any atom is -0.358 e. The highest BCUT2D eigenvalue weighted by Crippen LogP contribution is 2.34. The van der Waals surface area contributed by atoms with Gasteiger partial charge in [0.25, 0.3) is 0 Å². The first kappa shape index (κ1) is 16.0. The fraction of sp³-hybridized carbons (Fsp3) is 0.318. The summed E-state index contributed by atoms with van der Waals surface area (Å²) >= 11 is 6.20. The first-order chi connectivity index (χ1) is 12.7. The number of fused-ring (bicyclic) bond motifs is 4. The molecule has 2 heterocycles. The van der Waals surface area contributed by atoms with Gasteiger partial charge in [-0.2, -0.15) is 0 Å². The number of aromatic nitrogens is 1. The highest BCUT2D eigenvalue weighted by Gasteiger charge is 2.31. The van der Waals surface area contributed by atoms with Crippen LogP contribution in [0.15, 0.2) is 42.5 Å². The second kappa shape index (κ2) is 6.17. The van der Waals surface area contributed by atoms with Crippen LogP contribution >= 0.6 is 11.6 Å². The van der Waals surface area contributed by atoms with E-state index in [4.69, 9.17) is 11.6 Å². The number of carbonyl (C=O) groups is 1. The molecule has 1 aromatic heterocycles. The van der Waals surface area contributed by atoms with Crippen LogP contribution in [0.2, 0.25) is 5.02 Å². The van der Waals surface area contributed by atoms with Gasteiger partial charge in [-0.1, -0.05) is 35.9 Å². The summed E-state index contributed by atoms with van der Waals surface area (Å²) in [6.07, 6.45) is 3.63. The van der Waals surface area contributed by atoms with Gasteiger partial charge in [-0.25, -0.2) is 0 Å². The van der Waals surface area contributed by atoms with Gasteiger partial charge in [0.2, 0.25) is 5.91 Å². The number of nitrogens with zero attached hydrogens (tertiary/aromatic N) is 1. The van der Waals surface area contributed by atoms with Gasteiger partial charge in [-0.05, 0) is 60.6 Å². The monoisotopic (exact) mass is 364 g/mol. The summed E-state index contributed by atoms with van der Waals surface area (Å²) in [5.41, 5.74) is 6.36. The minimum atomic E-state index is 0.0748. The van der Waals surface area contributed by atoms with Crippen LogP contribution in [0.25, 0.3) is 10.9 Å². The Morgan fingerprint density at radius 3 is 2.85 bits per heavy atom. The summed E-state index contributed by atoms with van der Waals surface area (Å²) in [6.45, 7) is 1.58. The molecule has 0 fully saturated rings. The van der Waals surface area contributed by atoms with E-state index in [0.717, 1.165) is 49.3 Å². The number of aryl methyl sites for hydroxylation is 1. The zero-order valence-corrected chi connectivity index (χ0v) is 15.4. The average molecular weight is 365 g/mol. The van der Waals surface area contributed by atoms with Gasteiger partial charge in [-0.3, -0.25) is 4.79 Å². The van der Waals surface area contributed by atoms with Crippen LogP contribution in [0.5, 0.6) is 0 Å². The fourth-order valence-electron chi connectivity index (χ4n) is 4.54. The normalized spacial score (nSPS) is 19.3. The van der Waals surface area contributed by atoms with Gasteiger partial charge in [0.15, 0.2) is 0 Å². The molecule has 0 spiro atoms. The molecule has 3 nitrogen and oxygen atoms in total. The molecule has 2 aliphatic rings. The predicted octanol–water partition coefficient (Wildman–Crippen LogP) is 4.51. The van der Waals surface area contributed by atoms with Crippen LogP contribution < -0.4 is 0 Å². The Bertz CT molecular complexity index is 1010. The van der Waals surface area contributed by atoms with Crippen LogP contribution in [0, 0.1) is 5.92 Å². The third kappa shape index (κ3) is 2.62. The molecular formula is C22H21ClN2O. The number of benzene rings is 2. The van der Waals surface area contributed by atoms with E-state index in [0.29, 0.717) is 5.91 Å². The summed E-state index contributed by atoms with van der Waals surface area (Å²) in [4.78, 5) is 18.8. The third-order valence-electron chi connectivity index (χ3n) is 5.94. The molecule has 1 unspecified atom stereocenters. The van der Waals surface area contributed by atoms with Crippen molar-refractivity contribution in [1.29, 1.82) is 0 Å². The van der Waals surface area contributed by atoms with Crippen molar-refractivity contribution in [3.8, 4) is 0 Å². The van der Waals surface area contributed by atoms with E-state index in [1.54, 1.807) is 0 Å². The van der Waals surface area contributed by atoms with E-state index in [-0.39, 0.29) is 5.92 Å². The maximum Gasteiger partial charge on any atom is 0.226 e. The number of hydrogen-bond acceptors (Lipinski definition) is 1. The molecule has 1 amide bonds. The van der Waals surface area contributed by atoms with Crippen molar-refractivity contribution in [2.75, 3.05) is 6.54 Å². The van der Waals surface area contributed by atoms with E-state index < -0.39 is 0 Å². The molecular weight excluding hydrogens is 344 g/mol. The first-order valence-corrected chi connectivity index (χ1v) is 9.71. The van der Waals surface area contributed by atoms with Crippen molar-refractivity contribution in [2.45, 2.75) is 32.2 Å². The lowest BCUT2D eigenvalue weighted by atomic mass is 9.85. The highest BCUT2D eigenvalue weighted by molar-refractivity contribution is 6.31. The Hall–Kier alpha value is -2.26. The van der Waals surface area contributed by atoms with Crippen LogP contribution in [0.3, 0.4) is 0 Å². The topological polar surface area (TPSA) is 36.1 Å². The molecule has 5 rings (SSSR count). The van der Waals surface area contributed by atoms with Gasteiger partial charge in [0, 0.05) is 40.6 Å². The minimum absolute atomic E-state index is 0.0748. The third-order valence-corrected chi connectivity index (χ3v) is 6.18. The van der Waals surface area contributed by atoms with Crippen LogP contribution in [-0.2, 0) is 30.6 Å². The van der Waals surface area contributed by atoms with Gasteiger partial charge in [0.1, 0.15) is 0 Å². The van der Waals surface area contributed by atoms with E-state index in [1.165, 1.54) is 27.8 Å². The Kier molecular flexibility index (Phi) is 3.79. The van der Waals surface area contributed by atoms with Gasteiger partial charge in [-0.15, -0.1) is 0 Å². The second-order valence-electron chi connectivity index (χ2n) is 7.49. The molecule has 0 bridgehead atoms. The molecule has 4 heteroatoms. The number of H-pyrrole nitrogens is 1. The standard InChI is InChI=1S/C22H21ClN2O/c23-17-6-8-21-19(12-17)18-11-15(5-7-20(18)24-21)22(26)25-10-9-14-3-1-2-4-16(14)13-25/h1-4,6,8,12,15,24H,5,7,9-11,13H2. The second-order valence-corrected chi connectivity index (χ2v) is 7.93.